The molecule has 1 aromatic carbocycles. The minimum absolute atomic E-state index is 0.00278. The second kappa shape index (κ2) is 10.8. The van der Waals surface area contributed by atoms with E-state index in [1.165, 1.54) is 16.7 Å². The first-order valence-corrected chi connectivity index (χ1v) is 12.9. The third-order valence-corrected chi connectivity index (χ3v) is 7.56. The number of piperazine rings is 1. The number of hydrogen-bond donors (Lipinski definition) is 0. The van der Waals surface area contributed by atoms with Gasteiger partial charge >= 0.3 is 0 Å². The van der Waals surface area contributed by atoms with Gasteiger partial charge in [-0.25, -0.2) is 9.37 Å². The van der Waals surface area contributed by atoms with Gasteiger partial charge in [-0.3, -0.25) is 14.7 Å². The highest BCUT2D eigenvalue weighted by Gasteiger charge is 2.37. The van der Waals surface area contributed by atoms with Crippen molar-refractivity contribution in [2.45, 2.75) is 32.0 Å². The molecule has 10 heteroatoms. The molecule has 3 atom stereocenters. The van der Waals surface area contributed by atoms with Crippen molar-refractivity contribution in [1.29, 1.82) is 10.5 Å². The summed E-state index contributed by atoms with van der Waals surface area (Å²) in [6, 6.07) is 17.1. The normalized spacial score (nSPS) is 18.2. The van der Waals surface area contributed by atoms with E-state index < -0.39 is 5.56 Å². The molecule has 0 aliphatic carbocycles. The zero-order valence-electron chi connectivity index (χ0n) is 22.7. The van der Waals surface area contributed by atoms with E-state index in [4.69, 9.17) is 4.74 Å². The summed E-state index contributed by atoms with van der Waals surface area (Å²) >= 11 is 0. The van der Waals surface area contributed by atoms with Crippen molar-refractivity contribution in [3.63, 3.8) is 0 Å². The first-order valence-electron chi connectivity index (χ1n) is 12.9. The summed E-state index contributed by atoms with van der Waals surface area (Å²) in [6.07, 6.45) is 1.67. The Bertz CT molecular complexity index is 1700. The summed E-state index contributed by atoms with van der Waals surface area (Å²) in [5.74, 6) is 0.320. The van der Waals surface area contributed by atoms with E-state index in [9.17, 15) is 19.7 Å². The number of aromatic nitrogens is 3. The first-order chi connectivity index (χ1) is 19.3. The van der Waals surface area contributed by atoms with Gasteiger partial charge in [-0.1, -0.05) is 12.1 Å². The molecule has 202 valence electrons. The van der Waals surface area contributed by atoms with E-state index in [0.717, 1.165) is 11.3 Å². The number of methoxy groups -OCH3 is 1. The molecule has 0 radical (unpaired) electrons. The largest absolute Gasteiger partial charge is 0.495 e. The molecule has 0 N–H and O–H groups in total. The van der Waals surface area contributed by atoms with Crippen LogP contribution < -0.4 is 15.2 Å². The SMILES string of the molecule is COc1ccc(C(c2ccc(F)cc2)N2C[C@H](C)N(c3c(C#N)c(=O)n(C)c4ccc(C#N)nc34)C[C@H]2C)nc1. The number of benzene rings is 1. The molecule has 0 bridgehead atoms. The Labute approximate surface area is 231 Å². The van der Waals surface area contributed by atoms with E-state index >= 15 is 0 Å². The van der Waals surface area contributed by atoms with Crippen molar-refractivity contribution in [3.05, 3.63) is 93.4 Å². The van der Waals surface area contributed by atoms with Gasteiger partial charge in [-0.2, -0.15) is 10.5 Å². The molecule has 0 amide bonds. The van der Waals surface area contributed by atoms with Gasteiger partial charge in [0.15, 0.2) is 0 Å². The summed E-state index contributed by atoms with van der Waals surface area (Å²) in [6.45, 7) is 5.13. The van der Waals surface area contributed by atoms with Gasteiger partial charge in [0.1, 0.15) is 40.5 Å². The van der Waals surface area contributed by atoms with Crippen LogP contribution in [0.25, 0.3) is 11.0 Å². The van der Waals surface area contributed by atoms with Crippen LogP contribution in [0.3, 0.4) is 0 Å². The van der Waals surface area contributed by atoms with Crippen LogP contribution in [0.2, 0.25) is 0 Å². The van der Waals surface area contributed by atoms with Gasteiger partial charge in [0, 0.05) is 32.2 Å². The van der Waals surface area contributed by atoms with E-state index in [2.05, 4.69) is 33.9 Å². The number of fused-ring (bicyclic) bond motifs is 1. The monoisotopic (exact) mass is 537 g/mol. The van der Waals surface area contributed by atoms with E-state index in [-0.39, 0.29) is 35.2 Å². The van der Waals surface area contributed by atoms with Crippen LogP contribution in [-0.2, 0) is 7.05 Å². The summed E-state index contributed by atoms with van der Waals surface area (Å²) < 4.78 is 20.5. The average molecular weight is 538 g/mol. The molecule has 1 unspecified atom stereocenters. The Morgan fingerprint density at radius 2 is 1.77 bits per heavy atom. The van der Waals surface area contributed by atoms with Crippen LogP contribution in [0.4, 0.5) is 10.1 Å². The lowest BCUT2D eigenvalue weighted by Gasteiger charge is -2.48. The molecule has 1 saturated heterocycles. The lowest BCUT2D eigenvalue weighted by atomic mass is 9.96. The molecule has 3 aromatic heterocycles. The predicted molar refractivity (Wildman–Crippen MR) is 148 cm³/mol. The fourth-order valence-corrected chi connectivity index (χ4v) is 5.51. The number of pyridine rings is 3. The number of halogens is 1. The number of rotatable bonds is 5. The molecule has 40 heavy (non-hydrogen) atoms. The standard InChI is InChI=1S/C30H28FN7O2/c1-18-17-38(29-24(14-33)30(39)36(3)26-12-9-22(13-32)35-27(26)29)19(2)16-37(18)28(20-5-7-21(31)8-6-20)25-11-10-23(40-4)15-34-25/h5-12,15,18-19,28H,16-17H2,1-4H3/t18-,19+,28?/m1/s1. The smallest absolute Gasteiger partial charge is 0.270 e. The van der Waals surface area contributed by atoms with Crippen molar-refractivity contribution in [2.24, 2.45) is 7.05 Å². The zero-order valence-corrected chi connectivity index (χ0v) is 22.7. The quantitative estimate of drug-likeness (QED) is 0.377. The van der Waals surface area contributed by atoms with Gasteiger partial charge in [-0.05, 0) is 55.8 Å². The molecule has 1 aliphatic heterocycles. The fourth-order valence-electron chi connectivity index (χ4n) is 5.51. The number of aryl methyl sites for hydroxylation is 1. The molecule has 4 aromatic rings. The van der Waals surface area contributed by atoms with Crippen molar-refractivity contribution in [3.8, 4) is 17.9 Å². The summed E-state index contributed by atoms with van der Waals surface area (Å²) in [5.41, 5.74) is 2.90. The Morgan fingerprint density at radius 1 is 1.02 bits per heavy atom. The minimum Gasteiger partial charge on any atom is -0.495 e. The van der Waals surface area contributed by atoms with Gasteiger partial charge < -0.3 is 14.2 Å². The number of nitrogens with zero attached hydrogens (tertiary/aromatic N) is 7. The highest BCUT2D eigenvalue weighted by Crippen LogP contribution is 2.36. The van der Waals surface area contributed by atoms with Crippen LogP contribution in [0, 0.1) is 28.5 Å². The van der Waals surface area contributed by atoms with E-state index in [0.29, 0.717) is 35.6 Å². The number of nitriles is 2. The van der Waals surface area contributed by atoms with Crippen molar-refractivity contribution in [2.75, 3.05) is 25.1 Å². The number of anilines is 1. The molecule has 1 aliphatic rings. The summed E-state index contributed by atoms with van der Waals surface area (Å²) in [4.78, 5) is 26.7. The molecule has 4 heterocycles. The summed E-state index contributed by atoms with van der Waals surface area (Å²) in [7, 11) is 3.18. The Morgan fingerprint density at radius 3 is 2.40 bits per heavy atom. The highest BCUT2D eigenvalue weighted by molar-refractivity contribution is 5.92. The maximum Gasteiger partial charge on any atom is 0.270 e. The zero-order chi connectivity index (χ0) is 28.6. The van der Waals surface area contributed by atoms with Crippen molar-refractivity contribution in [1.82, 2.24) is 19.4 Å². The first kappa shape index (κ1) is 26.8. The lowest BCUT2D eigenvalue weighted by molar-refractivity contribution is 0.128. The number of hydrogen-bond acceptors (Lipinski definition) is 8. The summed E-state index contributed by atoms with van der Waals surface area (Å²) in [5, 5.41) is 19.6. The predicted octanol–water partition coefficient (Wildman–Crippen LogP) is 3.91. The second-order valence-electron chi connectivity index (χ2n) is 10.00. The van der Waals surface area contributed by atoms with Crippen LogP contribution in [0.1, 0.15) is 42.4 Å². The van der Waals surface area contributed by atoms with Crippen LogP contribution in [-0.4, -0.2) is 51.7 Å². The molecule has 0 spiro atoms. The van der Waals surface area contributed by atoms with Gasteiger partial charge in [-0.15, -0.1) is 0 Å². The fraction of sp³-hybridized carbons (Fsp3) is 0.300. The third-order valence-electron chi connectivity index (χ3n) is 7.56. The Kier molecular flexibility index (Phi) is 7.20. The van der Waals surface area contributed by atoms with Gasteiger partial charge in [0.25, 0.3) is 5.56 Å². The molecule has 0 saturated carbocycles. The Hall–Kier alpha value is -4.80. The molecule has 9 nitrogen and oxygen atoms in total. The van der Waals surface area contributed by atoms with Crippen molar-refractivity contribution >= 4 is 16.7 Å². The van der Waals surface area contributed by atoms with Gasteiger partial charge in [0.05, 0.1) is 36.2 Å². The molecule has 5 rings (SSSR count). The van der Waals surface area contributed by atoms with Crippen LogP contribution >= 0.6 is 0 Å². The second-order valence-corrected chi connectivity index (χ2v) is 10.00. The minimum atomic E-state index is -0.412. The molecule has 1 fully saturated rings. The highest BCUT2D eigenvalue weighted by atomic mass is 19.1. The Balaban J connectivity index is 1.60. The van der Waals surface area contributed by atoms with Crippen molar-refractivity contribution < 1.29 is 9.13 Å². The number of ether oxygens (including phenoxy) is 1. The van der Waals surface area contributed by atoms with Gasteiger partial charge in [0.2, 0.25) is 0 Å². The van der Waals surface area contributed by atoms with Crippen LogP contribution in [0.15, 0.2) is 59.5 Å². The topological polar surface area (TPSA) is 111 Å². The van der Waals surface area contributed by atoms with E-state index in [1.807, 2.05) is 24.0 Å². The molecular formula is C30H28FN7O2. The van der Waals surface area contributed by atoms with Crippen LogP contribution in [0.5, 0.6) is 5.75 Å². The maximum absolute atomic E-state index is 13.9. The van der Waals surface area contributed by atoms with E-state index in [1.54, 1.807) is 44.6 Å². The average Bonchev–Trinajstić information content (AvgIpc) is 2.97. The maximum atomic E-state index is 13.9. The lowest BCUT2D eigenvalue weighted by Crippen LogP contribution is -2.58. The molecular weight excluding hydrogens is 509 g/mol. The third kappa shape index (κ3) is 4.63.